The highest BCUT2D eigenvalue weighted by Crippen LogP contribution is 2.25. The molecule has 1 aliphatic heterocycles. The molecule has 0 amide bonds. The highest BCUT2D eigenvalue weighted by molar-refractivity contribution is 5.61. The van der Waals surface area contributed by atoms with Gasteiger partial charge in [-0.2, -0.15) is 0 Å². The zero-order chi connectivity index (χ0) is 9.03. The van der Waals surface area contributed by atoms with Crippen molar-refractivity contribution >= 4 is 6.29 Å². The quantitative estimate of drug-likeness (QED) is 0.469. The predicted molar refractivity (Wildman–Crippen MR) is 44.7 cm³/mol. The Bertz CT molecular complexity index is 163. The van der Waals surface area contributed by atoms with Crippen LogP contribution in [0, 0.1) is 5.41 Å². The Morgan fingerprint density at radius 3 is 2.58 bits per heavy atom. The fourth-order valence-electron chi connectivity index (χ4n) is 1.06. The van der Waals surface area contributed by atoms with Crippen LogP contribution in [0.4, 0.5) is 0 Å². The van der Waals surface area contributed by atoms with Gasteiger partial charge >= 0.3 is 0 Å². The van der Waals surface area contributed by atoms with E-state index in [0.717, 1.165) is 6.29 Å². The molecule has 0 aromatic heterocycles. The summed E-state index contributed by atoms with van der Waals surface area (Å²) in [6.45, 7) is 6.66. The van der Waals surface area contributed by atoms with Gasteiger partial charge < -0.3 is 14.3 Å². The lowest BCUT2D eigenvalue weighted by Crippen LogP contribution is -2.23. The molecule has 0 aromatic carbocycles. The minimum absolute atomic E-state index is 0.238. The van der Waals surface area contributed by atoms with Crippen LogP contribution in [0.3, 0.4) is 0 Å². The van der Waals surface area contributed by atoms with Crippen molar-refractivity contribution in [3.63, 3.8) is 0 Å². The molecule has 0 spiro atoms. The van der Waals surface area contributed by atoms with Gasteiger partial charge in [-0.05, 0) is 6.92 Å². The first kappa shape index (κ1) is 9.42. The number of carbonyl (C=O) groups is 1. The summed E-state index contributed by atoms with van der Waals surface area (Å²) in [5.41, 5.74) is -0.519. The molecule has 1 aliphatic rings. The molecule has 0 aromatic rings. The van der Waals surface area contributed by atoms with Gasteiger partial charge in [0.1, 0.15) is 6.29 Å². The molecule has 68 valence electrons. The number of allylic oxidation sites excluding steroid dienone is 1. The van der Waals surface area contributed by atoms with Crippen LogP contribution < -0.4 is 0 Å². The first-order valence-electron chi connectivity index (χ1n) is 4.03. The molecule has 1 heterocycles. The second-order valence-electron chi connectivity index (χ2n) is 3.20. The topological polar surface area (TPSA) is 35.5 Å². The summed E-state index contributed by atoms with van der Waals surface area (Å²) in [5.74, 6) is 0. The SMILES string of the molecule is C=C[C@](C)(C=O)CC1OCCO1. The Hall–Kier alpha value is -0.670. The standard InChI is InChI=1S/C9H14O3/c1-3-9(2,7-10)6-8-11-4-5-12-8/h3,7-8H,1,4-6H2,2H3/t9-/m0/s1. The molecule has 12 heavy (non-hydrogen) atoms. The molecule has 0 saturated carbocycles. The summed E-state index contributed by atoms with van der Waals surface area (Å²) >= 11 is 0. The van der Waals surface area contributed by atoms with Gasteiger partial charge in [-0.3, -0.25) is 0 Å². The van der Waals surface area contributed by atoms with Gasteiger partial charge in [0.2, 0.25) is 0 Å². The minimum atomic E-state index is -0.519. The van der Waals surface area contributed by atoms with E-state index in [4.69, 9.17) is 9.47 Å². The Labute approximate surface area is 72.4 Å². The van der Waals surface area contributed by atoms with Crippen LogP contribution in [0.1, 0.15) is 13.3 Å². The Morgan fingerprint density at radius 2 is 2.17 bits per heavy atom. The maximum absolute atomic E-state index is 10.7. The second-order valence-corrected chi connectivity index (χ2v) is 3.20. The van der Waals surface area contributed by atoms with Crippen molar-refractivity contribution in [3.8, 4) is 0 Å². The third-order valence-electron chi connectivity index (χ3n) is 2.03. The monoisotopic (exact) mass is 170 g/mol. The van der Waals surface area contributed by atoms with Gasteiger partial charge in [0.05, 0.1) is 13.2 Å². The highest BCUT2D eigenvalue weighted by Gasteiger charge is 2.27. The predicted octanol–water partition coefficient (Wildman–Crippen LogP) is 1.14. The molecule has 0 bridgehead atoms. The molecular weight excluding hydrogens is 156 g/mol. The maximum atomic E-state index is 10.7. The molecule has 0 aliphatic carbocycles. The number of hydrogen-bond acceptors (Lipinski definition) is 3. The fraction of sp³-hybridized carbons (Fsp3) is 0.667. The van der Waals surface area contributed by atoms with E-state index in [1.54, 1.807) is 6.08 Å². The lowest BCUT2D eigenvalue weighted by atomic mass is 9.89. The summed E-state index contributed by atoms with van der Waals surface area (Å²) in [6.07, 6.45) is 2.83. The Balaban J connectivity index is 2.46. The van der Waals surface area contributed by atoms with Crippen molar-refractivity contribution < 1.29 is 14.3 Å². The van der Waals surface area contributed by atoms with E-state index in [-0.39, 0.29) is 6.29 Å². The average Bonchev–Trinajstić information content (AvgIpc) is 2.57. The number of carbonyl (C=O) groups excluding carboxylic acids is 1. The lowest BCUT2D eigenvalue weighted by Gasteiger charge is -2.20. The molecule has 0 unspecified atom stereocenters. The summed E-state index contributed by atoms with van der Waals surface area (Å²) in [5, 5.41) is 0. The highest BCUT2D eigenvalue weighted by atomic mass is 16.7. The Morgan fingerprint density at radius 1 is 1.58 bits per heavy atom. The zero-order valence-corrected chi connectivity index (χ0v) is 7.29. The summed E-state index contributed by atoms with van der Waals surface area (Å²) in [7, 11) is 0. The largest absolute Gasteiger partial charge is 0.350 e. The van der Waals surface area contributed by atoms with E-state index in [1.165, 1.54) is 0 Å². The van der Waals surface area contributed by atoms with Crippen molar-refractivity contribution in [2.24, 2.45) is 5.41 Å². The summed E-state index contributed by atoms with van der Waals surface area (Å²) in [6, 6.07) is 0. The van der Waals surface area contributed by atoms with E-state index < -0.39 is 5.41 Å². The van der Waals surface area contributed by atoms with E-state index in [9.17, 15) is 4.79 Å². The molecule has 3 nitrogen and oxygen atoms in total. The van der Waals surface area contributed by atoms with Gasteiger partial charge in [-0.25, -0.2) is 0 Å². The van der Waals surface area contributed by atoms with Crippen LogP contribution in [-0.2, 0) is 14.3 Å². The molecule has 1 atom stereocenters. The molecule has 1 rings (SSSR count). The first-order chi connectivity index (χ1) is 5.70. The first-order valence-corrected chi connectivity index (χ1v) is 4.03. The van der Waals surface area contributed by atoms with Gasteiger partial charge in [-0.15, -0.1) is 6.58 Å². The third-order valence-corrected chi connectivity index (χ3v) is 2.03. The number of rotatable bonds is 4. The van der Waals surface area contributed by atoms with Gasteiger partial charge in [0.25, 0.3) is 0 Å². The maximum Gasteiger partial charge on any atom is 0.159 e. The summed E-state index contributed by atoms with van der Waals surface area (Å²) < 4.78 is 10.4. The summed E-state index contributed by atoms with van der Waals surface area (Å²) in [4.78, 5) is 10.7. The molecule has 0 radical (unpaired) electrons. The van der Waals surface area contributed by atoms with Crippen molar-refractivity contribution in [2.45, 2.75) is 19.6 Å². The number of aldehydes is 1. The number of ether oxygens (including phenoxy) is 2. The normalized spacial score (nSPS) is 23.4. The van der Waals surface area contributed by atoms with Gasteiger partial charge in [0.15, 0.2) is 6.29 Å². The molecule has 0 N–H and O–H groups in total. The van der Waals surface area contributed by atoms with Crippen LogP contribution in [0.15, 0.2) is 12.7 Å². The second kappa shape index (κ2) is 3.83. The molecule has 3 heteroatoms. The van der Waals surface area contributed by atoms with E-state index in [2.05, 4.69) is 6.58 Å². The Kier molecular flexibility index (Phi) is 3.00. The third kappa shape index (κ3) is 2.16. The average molecular weight is 170 g/mol. The van der Waals surface area contributed by atoms with E-state index >= 15 is 0 Å². The van der Waals surface area contributed by atoms with E-state index in [1.807, 2.05) is 6.92 Å². The minimum Gasteiger partial charge on any atom is -0.350 e. The molecular formula is C9H14O3. The van der Waals surface area contributed by atoms with Crippen LogP contribution in [0.5, 0.6) is 0 Å². The fourth-order valence-corrected chi connectivity index (χ4v) is 1.06. The van der Waals surface area contributed by atoms with Crippen LogP contribution in [-0.4, -0.2) is 25.8 Å². The van der Waals surface area contributed by atoms with Crippen LogP contribution in [0.2, 0.25) is 0 Å². The van der Waals surface area contributed by atoms with Crippen LogP contribution in [0.25, 0.3) is 0 Å². The van der Waals surface area contributed by atoms with Crippen molar-refractivity contribution in [1.29, 1.82) is 0 Å². The van der Waals surface area contributed by atoms with E-state index in [0.29, 0.717) is 19.6 Å². The molecule has 1 saturated heterocycles. The van der Waals surface area contributed by atoms with Gasteiger partial charge in [-0.1, -0.05) is 6.08 Å². The van der Waals surface area contributed by atoms with Crippen molar-refractivity contribution in [3.05, 3.63) is 12.7 Å². The number of hydrogen-bond donors (Lipinski definition) is 0. The van der Waals surface area contributed by atoms with Crippen molar-refractivity contribution in [1.82, 2.24) is 0 Å². The smallest absolute Gasteiger partial charge is 0.159 e. The molecule has 1 fully saturated rings. The van der Waals surface area contributed by atoms with Crippen LogP contribution >= 0.6 is 0 Å². The zero-order valence-electron chi connectivity index (χ0n) is 7.29. The van der Waals surface area contributed by atoms with Gasteiger partial charge in [0, 0.05) is 11.8 Å². The van der Waals surface area contributed by atoms with Crippen molar-refractivity contribution in [2.75, 3.05) is 13.2 Å². The lowest BCUT2D eigenvalue weighted by molar-refractivity contribution is -0.119.